The Balaban J connectivity index is 1.28. The van der Waals surface area contributed by atoms with E-state index in [1.165, 1.54) is 37.2 Å². The molecular formula is C18H28N2O2S. The molecule has 23 heavy (non-hydrogen) atoms. The van der Waals surface area contributed by atoms with Crippen molar-refractivity contribution in [1.29, 1.82) is 0 Å². The second-order valence-corrected chi connectivity index (χ2v) is 8.02. The third-order valence-corrected chi connectivity index (χ3v) is 6.39. The highest BCUT2D eigenvalue weighted by Gasteiger charge is 2.43. The normalized spacial score (nSPS) is 32.4. The molecule has 1 aromatic rings. The van der Waals surface area contributed by atoms with E-state index in [1.54, 1.807) is 0 Å². The standard InChI is InChI=1S/C18H28N2O2S/c1-2-8-19(7-1)9-11-21-17-6-5-16-18(17)22-12-10-20(16)14-15-4-3-13-23-15/h3-4,13,16-18H,1-2,5-12,14H2/t16-,17+,18+/m1/s1. The minimum absolute atomic E-state index is 0.280. The molecule has 0 amide bonds. The maximum atomic E-state index is 6.23. The van der Waals surface area contributed by atoms with E-state index in [4.69, 9.17) is 9.47 Å². The first-order chi connectivity index (χ1) is 11.4. The molecule has 0 radical (unpaired) electrons. The summed E-state index contributed by atoms with van der Waals surface area (Å²) in [5, 5.41) is 2.17. The van der Waals surface area contributed by atoms with Gasteiger partial charge in [-0.1, -0.05) is 6.07 Å². The largest absolute Gasteiger partial charge is 0.374 e. The molecule has 3 atom stereocenters. The van der Waals surface area contributed by atoms with E-state index in [1.807, 2.05) is 11.3 Å². The number of nitrogens with zero attached hydrogens (tertiary/aromatic N) is 2. The summed E-state index contributed by atoms with van der Waals surface area (Å²) in [7, 11) is 0. The Morgan fingerprint density at radius 3 is 2.96 bits per heavy atom. The van der Waals surface area contributed by atoms with Gasteiger partial charge < -0.3 is 14.4 Å². The van der Waals surface area contributed by atoms with E-state index in [0.29, 0.717) is 12.1 Å². The van der Waals surface area contributed by atoms with Gasteiger partial charge in [0.15, 0.2) is 0 Å². The Bertz CT molecular complexity index is 475. The van der Waals surface area contributed by atoms with Gasteiger partial charge in [-0.15, -0.1) is 11.3 Å². The zero-order chi connectivity index (χ0) is 15.5. The van der Waals surface area contributed by atoms with Crippen molar-refractivity contribution in [1.82, 2.24) is 9.80 Å². The summed E-state index contributed by atoms with van der Waals surface area (Å²) >= 11 is 1.86. The fraction of sp³-hybridized carbons (Fsp3) is 0.778. The first kappa shape index (κ1) is 16.0. The van der Waals surface area contributed by atoms with Crippen LogP contribution in [-0.4, -0.2) is 67.4 Å². The zero-order valence-electron chi connectivity index (χ0n) is 13.9. The summed E-state index contributed by atoms with van der Waals surface area (Å²) in [5.74, 6) is 0. The van der Waals surface area contributed by atoms with Crippen molar-refractivity contribution < 1.29 is 9.47 Å². The average Bonchev–Trinajstić information content (AvgIpc) is 3.30. The molecule has 0 bridgehead atoms. The molecule has 4 nitrogen and oxygen atoms in total. The summed E-state index contributed by atoms with van der Waals surface area (Å²) in [6.45, 7) is 7.44. The van der Waals surface area contributed by atoms with E-state index < -0.39 is 0 Å². The topological polar surface area (TPSA) is 24.9 Å². The summed E-state index contributed by atoms with van der Waals surface area (Å²) in [4.78, 5) is 6.60. The number of fused-ring (bicyclic) bond motifs is 1. The van der Waals surface area contributed by atoms with Gasteiger partial charge in [0.1, 0.15) is 0 Å². The van der Waals surface area contributed by atoms with E-state index in [9.17, 15) is 0 Å². The van der Waals surface area contributed by atoms with Crippen LogP contribution >= 0.6 is 11.3 Å². The van der Waals surface area contributed by atoms with Gasteiger partial charge in [0.25, 0.3) is 0 Å². The highest BCUT2D eigenvalue weighted by atomic mass is 32.1. The van der Waals surface area contributed by atoms with Crippen LogP contribution in [0.25, 0.3) is 0 Å². The van der Waals surface area contributed by atoms with Crippen molar-refractivity contribution in [3.63, 3.8) is 0 Å². The number of hydrogen-bond acceptors (Lipinski definition) is 5. The zero-order valence-corrected chi connectivity index (χ0v) is 14.7. The molecule has 0 spiro atoms. The highest BCUT2D eigenvalue weighted by molar-refractivity contribution is 7.09. The van der Waals surface area contributed by atoms with Crippen LogP contribution in [0.2, 0.25) is 0 Å². The van der Waals surface area contributed by atoms with Crippen LogP contribution in [0.4, 0.5) is 0 Å². The monoisotopic (exact) mass is 336 g/mol. The molecule has 1 aliphatic carbocycles. The molecule has 1 saturated carbocycles. The molecule has 128 valence electrons. The molecule has 3 heterocycles. The second kappa shape index (κ2) is 7.62. The van der Waals surface area contributed by atoms with Crippen molar-refractivity contribution in [3.05, 3.63) is 22.4 Å². The number of hydrogen-bond donors (Lipinski definition) is 0. The van der Waals surface area contributed by atoms with Crippen molar-refractivity contribution in [2.45, 2.75) is 50.5 Å². The number of thiophene rings is 1. The quantitative estimate of drug-likeness (QED) is 0.797. The van der Waals surface area contributed by atoms with Gasteiger partial charge in [-0.25, -0.2) is 0 Å². The van der Waals surface area contributed by atoms with Crippen LogP contribution < -0.4 is 0 Å². The molecule has 0 aromatic carbocycles. The minimum Gasteiger partial charge on any atom is -0.374 e. The maximum absolute atomic E-state index is 6.23. The van der Waals surface area contributed by atoms with Crippen LogP contribution in [0.3, 0.4) is 0 Å². The molecule has 0 unspecified atom stereocenters. The first-order valence-electron chi connectivity index (χ1n) is 9.12. The Morgan fingerprint density at radius 2 is 2.13 bits per heavy atom. The fourth-order valence-electron chi connectivity index (χ4n) is 4.31. The third kappa shape index (κ3) is 3.80. The molecule has 0 N–H and O–H groups in total. The lowest BCUT2D eigenvalue weighted by atomic mass is 10.1. The van der Waals surface area contributed by atoms with Gasteiger partial charge in [0, 0.05) is 30.6 Å². The maximum Gasteiger partial charge on any atom is 0.0992 e. The second-order valence-electron chi connectivity index (χ2n) is 6.99. The van der Waals surface area contributed by atoms with Crippen molar-refractivity contribution >= 4 is 11.3 Å². The molecule has 2 aliphatic heterocycles. The van der Waals surface area contributed by atoms with Gasteiger partial charge in [-0.05, 0) is 50.2 Å². The Hall–Kier alpha value is -0.460. The minimum atomic E-state index is 0.280. The molecule has 1 aromatic heterocycles. The smallest absolute Gasteiger partial charge is 0.0992 e. The summed E-state index contributed by atoms with van der Waals surface area (Å²) in [6, 6.07) is 4.94. The lowest BCUT2D eigenvalue weighted by Gasteiger charge is -2.39. The molecule has 5 heteroatoms. The molecular weight excluding hydrogens is 308 g/mol. The van der Waals surface area contributed by atoms with Gasteiger partial charge in [-0.3, -0.25) is 4.90 Å². The van der Waals surface area contributed by atoms with Gasteiger partial charge in [0.05, 0.1) is 25.4 Å². The van der Waals surface area contributed by atoms with Crippen LogP contribution in [0, 0.1) is 0 Å². The fourth-order valence-corrected chi connectivity index (χ4v) is 5.04. The summed E-state index contributed by atoms with van der Waals surface area (Å²) < 4.78 is 12.3. The van der Waals surface area contributed by atoms with Gasteiger partial charge in [0.2, 0.25) is 0 Å². The van der Waals surface area contributed by atoms with Crippen molar-refractivity contribution in [2.24, 2.45) is 0 Å². The average molecular weight is 337 g/mol. The third-order valence-electron chi connectivity index (χ3n) is 5.53. The Morgan fingerprint density at radius 1 is 1.22 bits per heavy atom. The number of rotatable bonds is 6. The summed E-state index contributed by atoms with van der Waals surface area (Å²) in [6.07, 6.45) is 5.65. The molecule has 4 rings (SSSR count). The van der Waals surface area contributed by atoms with E-state index in [2.05, 4.69) is 27.3 Å². The lowest BCUT2D eigenvalue weighted by Crippen LogP contribution is -2.51. The van der Waals surface area contributed by atoms with E-state index in [0.717, 1.165) is 39.3 Å². The van der Waals surface area contributed by atoms with Crippen LogP contribution in [-0.2, 0) is 16.0 Å². The molecule has 2 saturated heterocycles. The Labute approximate surface area is 143 Å². The van der Waals surface area contributed by atoms with Gasteiger partial charge in [-0.2, -0.15) is 0 Å². The van der Waals surface area contributed by atoms with Crippen LogP contribution in [0.5, 0.6) is 0 Å². The predicted octanol–water partition coefficient (Wildman–Crippen LogP) is 2.59. The number of likely N-dealkylation sites (tertiary alicyclic amines) is 1. The van der Waals surface area contributed by atoms with Crippen molar-refractivity contribution in [2.75, 3.05) is 39.4 Å². The highest BCUT2D eigenvalue weighted by Crippen LogP contribution is 2.33. The van der Waals surface area contributed by atoms with Crippen LogP contribution in [0.15, 0.2) is 17.5 Å². The van der Waals surface area contributed by atoms with Crippen molar-refractivity contribution in [3.8, 4) is 0 Å². The number of morpholine rings is 1. The summed E-state index contributed by atoms with van der Waals surface area (Å²) in [5.41, 5.74) is 0. The van der Waals surface area contributed by atoms with Crippen LogP contribution in [0.1, 0.15) is 30.6 Å². The predicted molar refractivity (Wildman–Crippen MR) is 92.9 cm³/mol. The van der Waals surface area contributed by atoms with Gasteiger partial charge >= 0.3 is 0 Å². The number of ether oxygens (including phenoxy) is 2. The Kier molecular flexibility index (Phi) is 5.31. The van der Waals surface area contributed by atoms with E-state index >= 15 is 0 Å². The SMILES string of the molecule is c1csc(CN2CCO[C@@H]3[C@@H](OCCN4CCCC4)CC[C@H]32)c1. The lowest BCUT2D eigenvalue weighted by molar-refractivity contribution is -0.116. The molecule has 3 aliphatic rings. The first-order valence-corrected chi connectivity index (χ1v) is 10.00. The molecule has 3 fully saturated rings. The van der Waals surface area contributed by atoms with E-state index in [-0.39, 0.29) is 6.10 Å².